The highest BCUT2D eigenvalue weighted by molar-refractivity contribution is 6.24. The van der Waals surface area contributed by atoms with E-state index in [4.69, 9.17) is 4.98 Å². The first-order valence-corrected chi connectivity index (χ1v) is 18.9. The summed E-state index contributed by atoms with van der Waals surface area (Å²) in [5, 5.41) is 4.40. The molecule has 7 nitrogen and oxygen atoms in total. The number of pyridine rings is 1. The standard InChI is InChI=1S/C50H35N7/c1-3-26-52-49(51-2)35-20-24-45-41(29-35)39-22-23-40-42-30-36(50-53-27-13-28-54-50)21-25-46(42)57(48(40)47(39)56(45)37-18-11-6-12-19-37)38-31-43(33-14-7-4-8-15-33)55-44(32-38)34-16-9-5-10-17-34/h3-32H,2H2,1H3/b26-3-,52-49-. The molecule has 0 aliphatic rings. The van der Waals surface area contributed by atoms with Crippen molar-refractivity contribution in [2.75, 3.05) is 0 Å². The number of nitrogens with zero attached hydrogens (tertiary/aromatic N) is 7. The van der Waals surface area contributed by atoms with Gasteiger partial charge < -0.3 is 9.13 Å². The zero-order valence-corrected chi connectivity index (χ0v) is 31.2. The molecule has 0 fully saturated rings. The van der Waals surface area contributed by atoms with Crippen LogP contribution in [0.4, 0.5) is 0 Å². The Hall–Kier alpha value is -7.77. The topological polar surface area (TPSA) is 73.2 Å². The van der Waals surface area contributed by atoms with Crippen LogP contribution in [-0.4, -0.2) is 36.6 Å². The molecule has 270 valence electrons. The van der Waals surface area contributed by atoms with E-state index in [-0.39, 0.29) is 0 Å². The van der Waals surface area contributed by atoms with Crippen LogP contribution in [0.5, 0.6) is 0 Å². The van der Waals surface area contributed by atoms with Gasteiger partial charge in [0.05, 0.1) is 39.1 Å². The van der Waals surface area contributed by atoms with Gasteiger partial charge in [0.1, 0.15) is 0 Å². The molecule has 4 aromatic heterocycles. The lowest BCUT2D eigenvalue weighted by molar-refractivity contribution is 1.14. The van der Waals surface area contributed by atoms with Gasteiger partial charge in [-0.3, -0.25) is 0 Å². The van der Waals surface area contributed by atoms with Gasteiger partial charge in [-0.15, -0.1) is 0 Å². The second-order valence-electron chi connectivity index (χ2n) is 13.8. The number of aromatic nitrogens is 5. The van der Waals surface area contributed by atoms with Gasteiger partial charge in [-0.25, -0.2) is 24.9 Å². The van der Waals surface area contributed by atoms with E-state index in [1.54, 1.807) is 18.6 Å². The monoisotopic (exact) mass is 733 g/mol. The van der Waals surface area contributed by atoms with E-state index in [1.165, 1.54) is 0 Å². The van der Waals surface area contributed by atoms with Gasteiger partial charge in [0.2, 0.25) is 0 Å². The summed E-state index contributed by atoms with van der Waals surface area (Å²) in [5.74, 6) is 1.25. The number of para-hydroxylation sites is 1. The van der Waals surface area contributed by atoms with E-state index in [2.05, 4.69) is 175 Å². The number of allylic oxidation sites excluding steroid dienone is 1. The number of fused-ring (bicyclic) bond motifs is 7. The molecule has 0 saturated heterocycles. The van der Waals surface area contributed by atoms with Crippen molar-refractivity contribution in [1.29, 1.82) is 0 Å². The Labute approximate surface area is 329 Å². The van der Waals surface area contributed by atoms with Crippen molar-refractivity contribution in [1.82, 2.24) is 24.1 Å². The molecule has 0 amide bonds. The average Bonchev–Trinajstić information content (AvgIpc) is 3.80. The first-order valence-electron chi connectivity index (χ1n) is 18.9. The minimum absolute atomic E-state index is 0.570. The third kappa shape index (κ3) is 5.81. The lowest BCUT2D eigenvalue weighted by Gasteiger charge is -2.15. The van der Waals surface area contributed by atoms with Gasteiger partial charge in [0, 0.05) is 68.1 Å². The summed E-state index contributed by atoms with van der Waals surface area (Å²) in [7, 11) is 0. The van der Waals surface area contributed by atoms with Crippen LogP contribution in [-0.2, 0) is 0 Å². The lowest BCUT2D eigenvalue weighted by Crippen LogP contribution is -2.01. The predicted octanol–water partition coefficient (Wildman–Crippen LogP) is 12.0. The maximum absolute atomic E-state index is 5.25. The van der Waals surface area contributed by atoms with Crippen LogP contribution < -0.4 is 0 Å². The maximum Gasteiger partial charge on any atom is 0.159 e. The van der Waals surface area contributed by atoms with Gasteiger partial charge in [-0.1, -0.05) is 97.1 Å². The third-order valence-corrected chi connectivity index (χ3v) is 10.5. The first-order chi connectivity index (χ1) is 28.2. The third-order valence-electron chi connectivity index (χ3n) is 10.5. The summed E-state index contributed by atoms with van der Waals surface area (Å²) in [6.07, 6.45) is 7.22. The summed E-state index contributed by atoms with van der Waals surface area (Å²) < 4.78 is 4.79. The SMILES string of the molecule is C=N/C(=N\C=C/C)c1ccc2c(c1)c1ccc3c4cc(-c5ncccn5)ccc4n(-c4cc(-c5ccccc5)nc(-c5ccccc5)c4)c3c1n2-c1ccccc1. The van der Waals surface area contributed by atoms with E-state index in [0.717, 1.165) is 88.6 Å². The Morgan fingerprint density at radius 1 is 0.544 bits per heavy atom. The van der Waals surface area contributed by atoms with Gasteiger partial charge in [-0.2, -0.15) is 0 Å². The Morgan fingerprint density at radius 3 is 1.70 bits per heavy atom. The lowest BCUT2D eigenvalue weighted by atomic mass is 10.1. The smallest absolute Gasteiger partial charge is 0.159 e. The summed E-state index contributed by atoms with van der Waals surface area (Å²) in [6.45, 7) is 5.79. The predicted molar refractivity (Wildman–Crippen MR) is 236 cm³/mol. The van der Waals surface area contributed by atoms with Crippen LogP contribution in [0.1, 0.15) is 12.5 Å². The number of hydrogen-bond acceptors (Lipinski definition) is 4. The molecular weight excluding hydrogens is 699 g/mol. The Morgan fingerprint density at radius 2 is 1.11 bits per heavy atom. The minimum atomic E-state index is 0.570. The Bertz CT molecular complexity index is 3120. The number of benzene rings is 6. The van der Waals surface area contributed by atoms with Gasteiger partial charge in [0.15, 0.2) is 11.7 Å². The molecule has 0 atom stereocenters. The first kappa shape index (κ1) is 33.8. The van der Waals surface area contributed by atoms with Crippen molar-refractivity contribution in [3.05, 3.63) is 188 Å². The summed E-state index contributed by atoms with van der Waals surface area (Å²) in [6, 6.07) is 55.1. The van der Waals surface area contributed by atoms with E-state index in [1.807, 2.05) is 31.2 Å². The van der Waals surface area contributed by atoms with E-state index in [9.17, 15) is 0 Å². The molecule has 0 aliphatic carbocycles. The van der Waals surface area contributed by atoms with Crippen LogP contribution in [0, 0.1) is 0 Å². The van der Waals surface area contributed by atoms with E-state index >= 15 is 0 Å². The second-order valence-corrected chi connectivity index (χ2v) is 13.8. The molecule has 4 heterocycles. The zero-order chi connectivity index (χ0) is 38.3. The molecule has 10 rings (SSSR count). The summed E-state index contributed by atoms with van der Waals surface area (Å²) >= 11 is 0. The highest BCUT2D eigenvalue weighted by atomic mass is 15.0. The fourth-order valence-corrected chi connectivity index (χ4v) is 7.95. The van der Waals surface area contributed by atoms with E-state index in [0.29, 0.717) is 11.7 Å². The second kappa shape index (κ2) is 14.1. The summed E-state index contributed by atoms with van der Waals surface area (Å²) in [5.41, 5.74) is 12.1. The normalized spacial score (nSPS) is 12.1. The Balaban J connectivity index is 1.38. The molecule has 0 N–H and O–H groups in total. The average molecular weight is 734 g/mol. The van der Waals surface area contributed by atoms with E-state index < -0.39 is 0 Å². The molecule has 10 aromatic rings. The van der Waals surface area contributed by atoms with Crippen LogP contribution in [0.15, 0.2) is 192 Å². The summed E-state index contributed by atoms with van der Waals surface area (Å²) in [4.78, 5) is 23.4. The van der Waals surface area contributed by atoms with Crippen molar-refractivity contribution in [2.24, 2.45) is 9.98 Å². The molecule has 6 aromatic carbocycles. The Kier molecular flexibility index (Phi) is 8.38. The molecule has 57 heavy (non-hydrogen) atoms. The molecule has 0 spiro atoms. The number of amidine groups is 1. The number of hydrogen-bond donors (Lipinski definition) is 0. The zero-order valence-electron chi connectivity index (χ0n) is 31.2. The minimum Gasteiger partial charge on any atom is -0.307 e. The molecule has 7 heteroatoms. The van der Waals surface area contributed by atoms with Crippen molar-refractivity contribution in [3.8, 4) is 45.3 Å². The van der Waals surface area contributed by atoms with Crippen LogP contribution in [0.3, 0.4) is 0 Å². The highest BCUT2D eigenvalue weighted by Crippen LogP contribution is 2.43. The van der Waals surface area contributed by atoms with Crippen molar-refractivity contribution in [3.63, 3.8) is 0 Å². The highest BCUT2D eigenvalue weighted by Gasteiger charge is 2.23. The number of aliphatic imine (C=N–C) groups is 2. The fraction of sp³-hybridized carbons (Fsp3) is 0.0200. The largest absolute Gasteiger partial charge is 0.307 e. The molecular formula is C50H35N7. The molecule has 0 aliphatic heterocycles. The quantitative estimate of drug-likeness (QED) is 0.121. The van der Waals surface area contributed by atoms with Crippen molar-refractivity contribution in [2.45, 2.75) is 6.92 Å². The molecule has 0 saturated carbocycles. The molecule has 0 unspecified atom stereocenters. The van der Waals surface area contributed by atoms with Crippen molar-refractivity contribution >= 4 is 56.2 Å². The maximum atomic E-state index is 5.25. The van der Waals surface area contributed by atoms with Crippen LogP contribution in [0.25, 0.3) is 88.9 Å². The van der Waals surface area contributed by atoms with Crippen LogP contribution >= 0.6 is 0 Å². The number of rotatable bonds is 7. The van der Waals surface area contributed by atoms with Gasteiger partial charge in [-0.05, 0) is 80.4 Å². The van der Waals surface area contributed by atoms with Crippen molar-refractivity contribution < 1.29 is 0 Å². The van der Waals surface area contributed by atoms with Crippen LogP contribution in [0.2, 0.25) is 0 Å². The molecule has 0 radical (unpaired) electrons. The molecule has 0 bridgehead atoms. The fourth-order valence-electron chi connectivity index (χ4n) is 7.95. The van der Waals surface area contributed by atoms with Gasteiger partial charge >= 0.3 is 0 Å². The van der Waals surface area contributed by atoms with Gasteiger partial charge in [0.25, 0.3) is 0 Å².